The average Bonchev–Trinajstić information content (AvgIpc) is 2.33. The topological polar surface area (TPSA) is 87.0 Å². The van der Waals surface area contributed by atoms with Gasteiger partial charge in [-0.25, -0.2) is 0 Å². The van der Waals surface area contributed by atoms with Crippen LogP contribution in [0.4, 0.5) is 0 Å². The second kappa shape index (κ2) is 19.9. The van der Waals surface area contributed by atoms with E-state index < -0.39 is 11.9 Å². The van der Waals surface area contributed by atoms with Crippen LogP contribution in [0.25, 0.3) is 0 Å². The normalized spacial score (nSPS) is 9.37. The van der Waals surface area contributed by atoms with E-state index in [4.69, 9.17) is 10.2 Å². The van der Waals surface area contributed by atoms with Crippen molar-refractivity contribution in [3.05, 3.63) is 0 Å². The number of unbranched alkanes of at least 4 members (excludes halogenated alkanes) is 4. The van der Waals surface area contributed by atoms with Crippen LogP contribution in [0, 0.1) is 0 Å². The molecule has 5 nitrogen and oxygen atoms in total. The minimum absolute atomic E-state index is 0. The van der Waals surface area contributed by atoms with Gasteiger partial charge in [0, 0.05) is 19.2 Å². The van der Waals surface area contributed by atoms with Crippen LogP contribution in [0.5, 0.6) is 0 Å². The first-order chi connectivity index (χ1) is 8.54. The van der Waals surface area contributed by atoms with E-state index in [0.29, 0.717) is 0 Å². The van der Waals surface area contributed by atoms with Gasteiger partial charge in [0.25, 0.3) is 0 Å². The Morgan fingerprint density at radius 2 is 1.53 bits per heavy atom. The number of carboxylic acid groups (broad SMARTS) is 2. The Bertz CT molecular complexity index is 245. The number of rotatable bonds is 9. The molecule has 0 aromatic heterocycles. The summed E-state index contributed by atoms with van der Waals surface area (Å²) >= 11 is 0. The maximum absolute atomic E-state index is 10.1. The van der Waals surface area contributed by atoms with Crippen molar-refractivity contribution in [1.29, 1.82) is 0 Å². The maximum atomic E-state index is 10.1. The third-order valence-electron chi connectivity index (χ3n) is 2.09. The van der Waals surface area contributed by atoms with Gasteiger partial charge in [-0.1, -0.05) is 39.5 Å². The number of hydrogen-bond acceptors (Lipinski definition) is 3. The summed E-state index contributed by atoms with van der Waals surface area (Å²) < 4.78 is 0. The van der Waals surface area contributed by atoms with Crippen LogP contribution < -0.4 is 0 Å². The second-order valence-electron chi connectivity index (χ2n) is 3.85. The summed E-state index contributed by atoms with van der Waals surface area (Å²) in [4.78, 5) is 23.5. The van der Waals surface area contributed by atoms with Crippen molar-refractivity contribution in [3.63, 3.8) is 0 Å². The zero-order valence-electron chi connectivity index (χ0n) is 11.4. The molecule has 0 bridgehead atoms. The summed E-state index contributed by atoms with van der Waals surface area (Å²) in [5.74, 6) is -1.56. The van der Waals surface area contributed by atoms with Crippen molar-refractivity contribution in [2.75, 3.05) is 6.54 Å². The molecule has 0 saturated carbocycles. The molecular formula is C13H26NNaO4. The van der Waals surface area contributed by atoms with Crippen molar-refractivity contribution in [2.45, 2.75) is 58.8 Å². The number of aliphatic carboxylic acids is 2. The van der Waals surface area contributed by atoms with E-state index in [-0.39, 0.29) is 42.4 Å². The molecule has 0 fully saturated rings. The van der Waals surface area contributed by atoms with E-state index in [1.54, 1.807) is 6.92 Å². The van der Waals surface area contributed by atoms with E-state index in [1.807, 2.05) is 0 Å². The number of nitrogens with zero attached hydrogens (tertiary/aromatic N) is 1. The monoisotopic (exact) mass is 283 g/mol. The summed E-state index contributed by atoms with van der Waals surface area (Å²) in [5.41, 5.74) is 0. The first kappa shape index (κ1) is 23.7. The fourth-order valence-electron chi connectivity index (χ4n) is 1.04. The molecule has 0 radical (unpaired) electrons. The van der Waals surface area contributed by atoms with Gasteiger partial charge in [0.05, 0.1) is 6.42 Å². The van der Waals surface area contributed by atoms with Crippen molar-refractivity contribution < 1.29 is 19.8 Å². The van der Waals surface area contributed by atoms with Gasteiger partial charge >= 0.3 is 41.5 Å². The van der Waals surface area contributed by atoms with Crippen LogP contribution in [-0.2, 0) is 9.59 Å². The van der Waals surface area contributed by atoms with E-state index >= 15 is 0 Å². The molecule has 0 aliphatic carbocycles. The number of aliphatic imine (C=N–C) groups is 1. The number of carbonyl (C=O) groups is 2. The van der Waals surface area contributed by atoms with Gasteiger partial charge in [0.1, 0.15) is 0 Å². The molecule has 19 heavy (non-hydrogen) atoms. The molecule has 0 aromatic rings. The van der Waals surface area contributed by atoms with Gasteiger partial charge in [0.2, 0.25) is 0 Å². The molecule has 0 spiro atoms. The number of hydrogen-bond donors (Lipinski definition) is 2. The Labute approximate surface area is 137 Å². The zero-order chi connectivity index (χ0) is 14.2. The van der Waals surface area contributed by atoms with E-state index in [9.17, 15) is 9.59 Å². The van der Waals surface area contributed by atoms with Crippen molar-refractivity contribution in [3.8, 4) is 0 Å². The second-order valence-corrected chi connectivity index (χ2v) is 3.85. The summed E-state index contributed by atoms with van der Waals surface area (Å²) in [7, 11) is 0. The van der Waals surface area contributed by atoms with Crippen LogP contribution in [0.3, 0.4) is 0 Å². The Morgan fingerprint density at radius 1 is 1.00 bits per heavy atom. The molecule has 0 saturated heterocycles. The Morgan fingerprint density at radius 3 is 1.95 bits per heavy atom. The SMILES string of the molecule is CCC(=O)O.CCCCCCCN=CCC(=O)O.[NaH]. The van der Waals surface area contributed by atoms with Gasteiger partial charge in [-0.3, -0.25) is 14.6 Å². The molecule has 0 heterocycles. The first-order valence-electron chi connectivity index (χ1n) is 6.46. The molecule has 0 aromatic carbocycles. The summed E-state index contributed by atoms with van der Waals surface area (Å²) in [6, 6.07) is 0. The minimum atomic E-state index is -0.810. The summed E-state index contributed by atoms with van der Waals surface area (Å²) in [6.45, 7) is 4.56. The van der Waals surface area contributed by atoms with Gasteiger partial charge < -0.3 is 10.2 Å². The molecule has 0 aliphatic heterocycles. The Balaban J connectivity index is -0.000000366. The third-order valence-corrected chi connectivity index (χ3v) is 2.09. The molecule has 0 unspecified atom stereocenters. The van der Waals surface area contributed by atoms with Crippen molar-refractivity contribution in [2.24, 2.45) is 4.99 Å². The van der Waals surface area contributed by atoms with Crippen molar-refractivity contribution >= 4 is 47.7 Å². The van der Waals surface area contributed by atoms with Crippen LogP contribution in [0.2, 0.25) is 0 Å². The number of carboxylic acids is 2. The quantitative estimate of drug-likeness (QED) is 0.386. The summed E-state index contributed by atoms with van der Waals surface area (Å²) in [5, 5.41) is 16.0. The van der Waals surface area contributed by atoms with E-state index in [0.717, 1.165) is 13.0 Å². The molecule has 2 N–H and O–H groups in total. The van der Waals surface area contributed by atoms with Gasteiger partial charge in [-0.05, 0) is 6.42 Å². The fraction of sp³-hybridized carbons (Fsp3) is 0.769. The fourth-order valence-corrected chi connectivity index (χ4v) is 1.04. The van der Waals surface area contributed by atoms with Gasteiger partial charge in [-0.15, -0.1) is 0 Å². The van der Waals surface area contributed by atoms with Crippen LogP contribution in [-0.4, -0.2) is 64.5 Å². The molecule has 0 rings (SSSR count). The molecular weight excluding hydrogens is 257 g/mol. The van der Waals surface area contributed by atoms with Gasteiger partial charge in [-0.2, -0.15) is 0 Å². The van der Waals surface area contributed by atoms with E-state index in [2.05, 4.69) is 11.9 Å². The molecule has 0 amide bonds. The van der Waals surface area contributed by atoms with Crippen molar-refractivity contribution in [1.82, 2.24) is 0 Å². The standard InChI is InChI=1S/C10H19NO2.C3H6O2.Na.H/c1-2-3-4-5-6-8-11-9-7-10(12)13;1-2-3(4)5;;/h9H,2-8H2,1H3,(H,12,13);2H2,1H3,(H,4,5);;. The molecule has 108 valence electrons. The Hall–Kier alpha value is -0.390. The first-order valence-corrected chi connectivity index (χ1v) is 6.46. The van der Waals surface area contributed by atoms with Crippen LogP contribution in [0.15, 0.2) is 4.99 Å². The van der Waals surface area contributed by atoms with Crippen LogP contribution in [0.1, 0.15) is 58.8 Å². The molecule has 0 atom stereocenters. The Kier molecular flexibility index (Phi) is 24.9. The third kappa shape index (κ3) is 31.8. The zero-order valence-corrected chi connectivity index (χ0v) is 11.4. The van der Waals surface area contributed by atoms with Gasteiger partial charge in [0.15, 0.2) is 0 Å². The summed E-state index contributed by atoms with van der Waals surface area (Å²) in [6.07, 6.45) is 7.86. The van der Waals surface area contributed by atoms with Crippen LogP contribution >= 0.6 is 0 Å². The molecule has 0 aliphatic rings. The predicted molar refractivity (Wildman–Crippen MR) is 79.4 cm³/mol. The molecule has 6 heteroatoms. The van der Waals surface area contributed by atoms with E-state index in [1.165, 1.54) is 31.9 Å². The average molecular weight is 283 g/mol. The predicted octanol–water partition coefficient (Wildman–Crippen LogP) is 2.33.